The molecule has 0 fully saturated rings. The smallest absolute Gasteiger partial charge is 0.426 e. The minimum absolute atomic E-state index is 0.276. The van der Waals surface area contributed by atoms with Gasteiger partial charge in [-0.1, -0.05) is 82.5 Å². The highest BCUT2D eigenvalue weighted by atomic mass is 16.7. The zero-order valence-electron chi connectivity index (χ0n) is 17.6. The van der Waals surface area contributed by atoms with Gasteiger partial charge < -0.3 is 9.47 Å². The predicted octanol–water partition coefficient (Wildman–Crippen LogP) is 7.43. The van der Waals surface area contributed by atoms with Crippen molar-refractivity contribution in [2.24, 2.45) is 0 Å². The lowest BCUT2D eigenvalue weighted by Gasteiger charge is -2.18. The molecule has 0 aliphatic heterocycles. The molecule has 2 aromatic carbocycles. The fourth-order valence-electron chi connectivity index (χ4n) is 3.28. The number of benzene rings is 2. The summed E-state index contributed by atoms with van der Waals surface area (Å²) >= 11 is 0. The Morgan fingerprint density at radius 2 is 1.61 bits per heavy atom. The summed E-state index contributed by atoms with van der Waals surface area (Å²) in [5.41, 5.74) is 3.41. The normalized spacial score (nSPS) is 11.8. The van der Waals surface area contributed by atoms with Crippen LogP contribution in [-0.2, 0) is 17.6 Å². The van der Waals surface area contributed by atoms with Gasteiger partial charge in [-0.2, -0.15) is 0 Å². The second kappa shape index (κ2) is 12.2. The first-order valence-corrected chi connectivity index (χ1v) is 10.7. The molecule has 0 spiro atoms. The van der Waals surface area contributed by atoms with Gasteiger partial charge in [0.1, 0.15) is 11.9 Å². The van der Waals surface area contributed by atoms with Crippen LogP contribution >= 0.6 is 0 Å². The Balaban J connectivity index is 2.09. The first kappa shape index (κ1) is 22.0. The third-order valence-electron chi connectivity index (χ3n) is 4.90. The van der Waals surface area contributed by atoms with Crippen LogP contribution in [0.1, 0.15) is 82.1 Å². The first-order valence-electron chi connectivity index (χ1n) is 10.7. The molecule has 3 nitrogen and oxygen atoms in total. The molecule has 152 valence electrons. The van der Waals surface area contributed by atoms with Crippen LogP contribution in [0.2, 0.25) is 0 Å². The average Bonchev–Trinajstić information content (AvgIpc) is 2.72. The van der Waals surface area contributed by atoms with Crippen LogP contribution in [0.4, 0.5) is 4.79 Å². The molecule has 0 heterocycles. The summed E-state index contributed by atoms with van der Waals surface area (Å²) in [4.78, 5) is 12.5. The van der Waals surface area contributed by atoms with Gasteiger partial charge in [-0.25, -0.2) is 4.79 Å². The fourth-order valence-corrected chi connectivity index (χ4v) is 3.28. The molecule has 2 aromatic rings. The molecule has 0 amide bonds. The zero-order chi connectivity index (χ0) is 20.2. The van der Waals surface area contributed by atoms with Crippen molar-refractivity contribution in [3.8, 4) is 5.75 Å². The van der Waals surface area contributed by atoms with E-state index in [2.05, 4.69) is 32.9 Å². The standard InChI is InChI=1S/C25H34O3/c1-4-7-13-20-17-18-24(22(19-20)14-8-5-2)28-25(26)27-23(12-6-3)21-15-10-9-11-16-21/h9-11,15-19,23H,4-8,12-14H2,1-3H3. The van der Waals surface area contributed by atoms with E-state index < -0.39 is 6.16 Å². The minimum Gasteiger partial charge on any atom is -0.426 e. The molecule has 0 aliphatic rings. The summed E-state index contributed by atoms with van der Waals surface area (Å²) in [6.07, 6.45) is 7.31. The van der Waals surface area contributed by atoms with Crippen molar-refractivity contribution in [2.75, 3.05) is 0 Å². The molecule has 0 saturated carbocycles. The molecule has 0 bridgehead atoms. The summed E-state index contributed by atoms with van der Waals surface area (Å²) in [5.74, 6) is 0.627. The average molecular weight is 383 g/mol. The van der Waals surface area contributed by atoms with Crippen LogP contribution in [-0.4, -0.2) is 6.16 Å². The summed E-state index contributed by atoms with van der Waals surface area (Å²) < 4.78 is 11.3. The van der Waals surface area contributed by atoms with Crippen molar-refractivity contribution >= 4 is 6.16 Å². The molecule has 0 saturated heterocycles. The second-order valence-electron chi connectivity index (χ2n) is 7.31. The van der Waals surface area contributed by atoms with Gasteiger partial charge in [0.05, 0.1) is 0 Å². The number of carbonyl (C=O) groups excluding carboxylic acids is 1. The van der Waals surface area contributed by atoms with Gasteiger partial charge in [-0.15, -0.1) is 0 Å². The molecule has 0 N–H and O–H groups in total. The van der Waals surface area contributed by atoms with Crippen molar-refractivity contribution in [3.05, 3.63) is 65.2 Å². The SMILES string of the molecule is CCCCc1ccc(OC(=O)OC(CCC)c2ccccc2)c(CCCC)c1. The number of unbranched alkanes of at least 4 members (excludes halogenated alkanes) is 2. The molecule has 0 aromatic heterocycles. The first-order chi connectivity index (χ1) is 13.7. The van der Waals surface area contributed by atoms with Gasteiger partial charge in [-0.3, -0.25) is 0 Å². The molecule has 1 atom stereocenters. The van der Waals surface area contributed by atoms with E-state index in [9.17, 15) is 4.79 Å². The number of ether oxygens (including phenoxy) is 2. The van der Waals surface area contributed by atoms with E-state index in [-0.39, 0.29) is 6.10 Å². The largest absolute Gasteiger partial charge is 0.514 e. The van der Waals surface area contributed by atoms with Crippen molar-refractivity contribution in [3.63, 3.8) is 0 Å². The van der Waals surface area contributed by atoms with Crippen molar-refractivity contribution < 1.29 is 14.3 Å². The van der Waals surface area contributed by atoms with E-state index in [1.165, 1.54) is 18.4 Å². The molecule has 0 radical (unpaired) electrons. The Labute approximate surface area is 170 Å². The maximum Gasteiger partial charge on any atom is 0.514 e. The van der Waals surface area contributed by atoms with Gasteiger partial charge in [0.15, 0.2) is 0 Å². The van der Waals surface area contributed by atoms with E-state index in [0.717, 1.165) is 49.7 Å². The number of rotatable bonds is 11. The Bertz CT molecular complexity index is 709. The van der Waals surface area contributed by atoms with E-state index in [0.29, 0.717) is 5.75 Å². The van der Waals surface area contributed by atoms with Gasteiger partial charge in [0, 0.05) is 0 Å². The minimum atomic E-state index is -0.624. The Kier molecular flexibility index (Phi) is 9.61. The number of hydrogen-bond acceptors (Lipinski definition) is 3. The predicted molar refractivity (Wildman–Crippen MR) is 115 cm³/mol. The lowest BCUT2D eigenvalue weighted by atomic mass is 10.0. The molecular weight excluding hydrogens is 348 g/mol. The third kappa shape index (κ3) is 7.03. The third-order valence-corrected chi connectivity index (χ3v) is 4.90. The topological polar surface area (TPSA) is 35.5 Å². The highest BCUT2D eigenvalue weighted by Crippen LogP contribution is 2.27. The van der Waals surface area contributed by atoms with Crippen LogP contribution in [0, 0.1) is 0 Å². The van der Waals surface area contributed by atoms with Gasteiger partial charge in [-0.05, 0) is 54.9 Å². The molecule has 0 aliphatic carbocycles. The molecule has 1 unspecified atom stereocenters. The van der Waals surface area contributed by atoms with E-state index >= 15 is 0 Å². The fraction of sp³-hybridized carbons (Fsp3) is 0.480. The van der Waals surface area contributed by atoms with E-state index in [1.807, 2.05) is 36.4 Å². The Morgan fingerprint density at radius 1 is 0.893 bits per heavy atom. The van der Waals surface area contributed by atoms with Crippen molar-refractivity contribution in [2.45, 2.75) is 78.2 Å². The number of aryl methyl sites for hydroxylation is 2. The van der Waals surface area contributed by atoms with Crippen LogP contribution in [0.15, 0.2) is 48.5 Å². The molecular formula is C25H34O3. The maximum absolute atomic E-state index is 12.5. The lowest BCUT2D eigenvalue weighted by molar-refractivity contribution is 0.0534. The lowest BCUT2D eigenvalue weighted by Crippen LogP contribution is -2.16. The van der Waals surface area contributed by atoms with Crippen molar-refractivity contribution in [1.29, 1.82) is 0 Å². The zero-order valence-corrected chi connectivity index (χ0v) is 17.6. The maximum atomic E-state index is 12.5. The molecule has 3 heteroatoms. The summed E-state index contributed by atoms with van der Waals surface area (Å²) in [7, 11) is 0. The van der Waals surface area contributed by atoms with E-state index in [4.69, 9.17) is 9.47 Å². The molecule has 2 rings (SSSR count). The van der Waals surface area contributed by atoms with E-state index in [1.54, 1.807) is 0 Å². The highest BCUT2D eigenvalue weighted by Gasteiger charge is 2.18. The highest BCUT2D eigenvalue weighted by molar-refractivity contribution is 5.65. The Morgan fingerprint density at radius 3 is 2.29 bits per heavy atom. The van der Waals surface area contributed by atoms with Gasteiger partial charge in [0.2, 0.25) is 0 Å². The Hall–Kier alpha value is -2.29. The van der Waals surface area contributed by atoms with Gasteiger partial charge >= 0.3 is 6.16 Å². The second-order valence-corrected chi connectivity index (χ2v) is 7.31. The summed E-state index contributed by atoms with van der Waals surface area (Å²) in [5, 5.41) is 0. The van der Waals surface area contributed by atoms with Crippen LogP contribution in [0.5, 0.6) is 5.75 Å². The summed E-state index contributed by atoms with van der Waals surface area (Å²) in [6, 6.07) is 16.0. The monoisotopic (exact) mass is 382 g/mol. The molecule has 28 heavy (non-hydrogen) atoms. The number of hydrogen-bond donors (Lipinski definition) is 0. The number of carbonyl (C=O) groups is 1. The van der Waals surface area contributed by atoms with Crippen LogP contribution in [0.3, 0.4) is 0 Å². The van der Waals surface area contributed by atoms with Crippen LogP contribution in [0.25, 0.3) is 0 Å². The van der Waals surface area contributed by atoms with Crippen LogP contribution < -0.4 is 4.74 Å². The quantitative estimate of drug-likeness (QED) is 0.299. The van der Waals surface area contributed by atoms with Gasteiger partial charge in [0.25, 0.3) is 0 Å². The van der Waals surface area contributed by atoms with Crippen molar-refractivity contribution in [1.82, 2.24) is 0 Å². The summed E-state index contributed by atoms with van der Waals surface area (Å²) in [6.45, 7) is 6.46.